The summed E-state index contributed by atoms with van der Waals surface area (Å²) in [7, 11) is 0. The van der Waals surface area contributed by atoms with Crippen LogP contribution in [0.4, 0.5) is 0 Å². The first-order valence-electron chi connectivity index (χ1n) is 7.76. The maximum atomic E-state index is 11.6. The summed E-state index contributed by atoms with van der Waals surface area (Å²) >= 11 is 0. The van der Waals surface area contributed by atoms with Crippen molar-refractivity contribution in [3.05, 3.63) is 0 Å². The fourth-order valence-electron chi connectivity index (χ4n) is 1.94. The lowest BCUT2D eigenvalue weighted by molar-refractivity contribution is -0.138. The van der Waals surface area contributed by atoms with Gasteiger partial charge in [0.05, 0.1) is 0 Å². The average molecular weight is 300 g/mol. The number of carbonyl (C=O) groups excluding carboxylic acids is 2. The second-order valence-electron chi connectivity index (χ2n) is 5.27. The van der Waals surface area contributed by atoms with Crippen LogP contribution in [-0.4, -0.2) is 35.5 Å². The minimum atomic E-state index is -1.11. The molecule has 0 aromatic carbocycles. The highest BCUT2D eigenvalue weighted by Crippen LogP contribution is 2.08. The molecule has 1 unspecified atom stereocenters. The second kappa shape index (κ2) is 12.2. The minimum absolute atomic E-state index is 0.165. The summed E-state index contributed by atoms with van der Waals surface area (Å²) in [5, 5.41) is 13.2. The van der Waals surface area contributed by atoms with Crippen LogP contribution in [0.5, 0.6) is 0 Å². The summed E-state index contributed by atoms with van der Waals surface area (Å²) in [5.74, 6) is -1.75. The molecule has 0 aromatic rings. The number of unbranched alkanes of at least 4 members (excludes halogenated alkanes) is 6. The van der Waals surface area contributed by atoms with Gasteiger partial charge in [-0.3, -0.25) is 14.4 Å². The molecule has 0 aliphatic rings. The third-order valence-corrected chi connectivity index (χ3v) is 3.19. The molecule has 0 aliphatic carbocycles. The molecule has 0 spiro atoms. The van der Waals surface area contributed by atoms with Gasteiger partial charge in [0.15, 0.2) is 0 Å². The number of aliphatic carboxylic acids is 1. The van der Waals surface area contributed by atoms with Crippen molar-refractivity contribution < 1.29 is 19.5 Å². The van der Waals surface area contributed by atoms with E-state index in [1.54, 1.807) is 6.92 Å². The first kappa shape index (κ1) is 19.4. The van der Waals surface area contributed by atoms with Crippen molar-refractivity contribution >= 4 is 17.8 Å². The van der Waals surface area contributed by atoms with Gasteiger partial charge in [-0.15, -0.1) is 0 Å². The predicted octanol–water partition coefficient (Wildman–Crippen LogP) is 1.83. The van der Waals surface area contributed by atoms with Gasteiger partial charge in [-0.05, 0) is 13.3 Å². The van der Waals surface area contributed by atoms with E-state index in [1.807, 2.05) is 0 Å². The van der Waals surface area contributed by atoms with E-state index in [4.69, 9.17) is 5.11 Å². The number of carboxylic acid groups (broad SMARTS) is 1. The van der Waals surface area contributed by atoms with E-state index < -0.39 is 24.5 Å². The Morgan fingerprint density at radius 3 is 2.14 bits per heavy atom. The number of hydrogen-bond acceptors (Lipinski definition) is 3. The van der Waals surface area contributed by atoms with E-state index in [9.17, 15) is 14.4 Å². The Kier molecular flexibility index (Phi) is 11.3. The number of carbonyl (C=O) groups is 3. The highest BCUT2D eigenvalue weighted by molar-refractivity contribution is 5.88. The first-order valence-corrected chi connectivity index (χ1v) is 7.76. The summed E-state index contributed by atoms with van der Waals surface area (Å²) < 4.78 is 0. The number of carboxylic acids is 1. The van der Waals surface area contributed by atoms with Gasteiger partial charge in [0.25, 0.3) is 0 Å². The quantitative estimate of drug-likeness (QED) is 0.479. The van der Waals surface area contributed by atoms with E-state index in [-0.39, 0.29) is 5.91 Å². The van der Waals surface area contributed by atoms with E-state index in [0.717, 1.165) is 19.3 Å². The monoisotopic (exact) mass is 300 g/mol. The molecule has 0 fully saturated rings. The van der Waals surface area contributed by atoms with Gasteiger partial charge in [-0.1, -0.05) is 45.4 Å². The lowest BCUT2D eigenvalue weighted by Gasteiger charge is -2.13. The van der Waals surface area contributed by atoms with Crippen molar-refractivity contribution in [2.75, 3.05) is 6.54 Å². The zero-order chi connectivity index (χ0) is 16.1. The molecule has 2 amide bonds. The van der Waals surface area contributed by atoms with Crippen molar-refractivity contribution in [2.24, 2.45) is 0 Å². The van der Waals surface area contributed by atoms with Crippen LogP contribution in [0.15, 0.2) is 0 Å². The molecule has 0 radical (unpaired) electrons. The second-order valence-corrected chi connectivity index (χ2v) is 5.27. The zero-order valence-corrected chi connectivity index (χ0v) is 13.1. The van der Waals surface area contributed by atoms with Gasteiger partial charge >= 0.3 is 5.97 Å². The van der Waals surface area contributed by atoms with Crippen LogP contribution in [-0.2, 0) is 14.4 Å². The number of rotatable bonds is 12. The van der Waals surface area contributed by atoms with Crippen LogP contribution in [0.25, 0.3) is 0 Å². The first-order chi connectivity index (χ1) is 9.97. The van der Waals surface area contributed by atoms with E-state index in [1.165, 1.54) is 25.7 Å². The number of amides is 2. The van der Waals surface area contributed by atoms with Gasteiger partial charge in [-0.25, -0.2) is 0 Å². The smallest absolute Gasteiger partial charge is 0.322 e. The Morgan fingerprint density at radius 2 is 1.57 bits per heavy atom. The summed E-state index contributed by atoms with van der Waals surface area (Å²) in [6.07, 6.45) is 8.35. The maximum Gasteiger partial charge on any atom is 0.322 e. The molecule has 6 nitrogen and oxygen atoms in total. The van der Waals surface area contributed by atoms with Crippen LogP contribution in [0, 0.1) is 0 Å². The number of hydrogen-bond donors (Lipinski definition) is 3. The molecule has 0 bridgehead atoms. The van der Waals surface area contributed by atoms with Crippen LogP contribution in [0.2, 0.25) is 0 Å². The molecule has 0 heterocycles. The molecular formula is C15H28N2O4. The van der Waals surface area contributed by atoms with Crippen LogP contribution >= 0.6 is 0 Å². The molecule has 0 saturated heterocycles. The number of nitrogens with one attached hydrogen (secondary N) is 2. The van der Waals surface area contributed by atoms with Crippen LogP contribution in [0.3, 0.4) is 0 Å². The molecule has 0 aromatic heterocycles. The highest BCUT2D eigenvalue weighted by atomic mass is 16.4. The van der Waals surface area contributed by atoms with Gasteiger partial charge in [0.1, 0.15) is 12.6 Å². The Hall–Kier alpha value is -1.59. The van der Waals surface area contributed by atoms with Crippen molar-refractivity contribution in [2.45, 2.75) is 71.3 Å². The van der Waals surface area contributed by atoms with Crippen LogP contribution < -0.4 is 10.6 Å². The fourth-order valence-corrected chi connectivity index (χ4v) is 1.94. The topological polar surface area (TPSA) is 95.5 Å². The molecule has 122 valence electrons. The standard InChI is InChI=1S/C15H28N2O4/c1-3-4-5-6-7-8-9-10-13(18)17-12(2)15(21)16-11-14(19)20/h12H,3-11H2,1-2H3,(H,16,21)(H,17,18)(H,19,20). The van der Waals surface area contributed by atoms with Crippen LogP contribution in [0.1, 0.15) is 65.2 Å². The zero-order valence-electron chi connectivity index (χ0n) is 13.1. The molecule has 0 saturated carbocycles. The molecule has 0 aliphatic heterocycles. The largest absolute Gasteiger partial charge is 0.480 e. The summed E-state index contributed by atoms with van der Waals surface area (Å²) in [6, 6.07) is -0.707. The Labute approximate surface area is 126 Å². The highest BCUT2D eigenvalue weighted by Gasteiger charge is 2.15. The molecule has 1 atom stereocenters. The van der Waals surface area contributed by atoms with Crippen molar-refractivity contribution in [3.8, 4) is 0 Å². The van der Waals surface area contributed by atoms with Gasteiger partial charge in [0, 0.05) is 6.42 Å². The Bertz CT molecular complexity index is 332. The summed E-state index contributed by atoms with van der Waals surface area (Å²) in [4.78, 5) is 33.4. The molecule has 3 N–H and O–H groups in total. The molecule has 0 rings (SSSR count). The van der Waals surface area contributed by atoms with E-state index in [2.05, 4.69) is 17.6 Å². The lowest BCUT2D eigenvalue weighted by Crippen LogP contribution is -2.46. The van der Waals surface area contributed by atoms with Gasteiger partial charge < -0.3 is 15.7 Å². The Morgan fingerprint density at radius 1 is 1.00 bits per heavy atom. The Balaban J connectivity index is 3.64. The lowest BCUT2D eigenvalue weighted by atomic mass is 10.1. The summed E-state index contributed by atoms with van der Waals surface area (Å²) in [6.45, 7) is 3.29. The van der Waals surface area contributed by atoms with E-state index in [0.29, 0.717) is 6.42 Å². The molecule has 21 heavy (non-hydrogen) atoms. The molecule has 6 heteroatoms. The third-order valence-electron chi connectivity index (χ3n) is 3.19. The third kappa shape index (κ3) is 11.9. The summed E-state index contributed by atoms with van der Waals surface area (Å²) in [5.41, 5.74) is 0. The van der Waals surface area contributed by atoms with Crippen molar-refractivity contribution in [3.63, 3.8) is 0 Å². The average Bonchev–Trinajstić information content (AvgIpc) is 2.43. The minimum Gasteiger partial charge on any atom is -0.480 e. The normalized spacial score (nSPS) is 11.7. The van der Waals surface area contributed by atoms with Crippen molar-refractivity contribution in [1.29, 1.82) is 0 Å². The van der Waals surface area contributed by atoms with Gasteiger partial charge in [-0.2, -0.15) is 0 Å². The molecular weight excluding hydrogens is 272 g/mol. The maximum absolute atomic E-state index is 11.6. The fraction of sp³-hybridized carbons (Fsp3) is 0.800. The van der Waals surface area contributed by atoms with E-state index >= 15 is 0 Å². The van der Waals surface area contributed by atoms with Gasteiger partial charge in [0.2, 0.25) is 11.8 Å². The SMILES string of the molecule is CCCCCCCCCC(=O)NC(C)C(=O)NCC(=O)O. The van der Waals surface area contributed by atoms with Crippen molar-refractivity contribution in [1.82, 2.24) is 10.6 Å². The predicted molar refractivity (Wildman–Crippen MR) is 80.9 cm³/mol.